The van der Waals surface area contributed by atoms with Gasteiger partial charge in [0, 0.05) is 33.4 Å². The van der Waals surface area contributed by atoms with Crippen LogP contribution in [0.3, 0.4) is 0 Å². The zero-order chi connectivity index (χ0) is 14.1. The number of ether oxygens (including phenoxy) is 1. The lowest BCUT2D eigenvalue weighted by molar-refractivity contribution is 0.00371. The van der Waals surface area contributed by atoms with E-state index in [0.29, 0.717) is 6.61 Å². The molecule has 2 unspecified atom stereocenters. The van der Waals surface area contributed by atoms with Crippen LogP contribution in [-0.2, 0) is 13.6 Å². The highest BCUT2D eigenvalue weighted by Crippen LogP contribution is 2.20. The van der Waals surface area contributed by atoms with Crippen molar-refractivity contribution in [3.63, 3.8) is 0 Å². The number of rotatable bonds is 7. The zero-order valence-corrected chi connectivity index (χ0v) is 13.3. The van der Waals surface area contributed by atoms with E-state index in [0.717, 1.165) is 38.7 Å². The molecular weight excluding hydrogens is 258 g/mol. The minimum atomic E-state index is -2.03. The van der Waals surface area contributed by atoms with Gasteiger partial charge in [0.2, 0.25) is 0 Å². The topological polar surface area (TPSA) is 30.9 Å². The van der Waals surface area contributed by atoms with Gasteiger partial charge in [-0.25, -0.2) is 0 Å². The summed E-state index contributed by atoms with van der Waals surface area (Å²) >= 11 is 0. The summed E-state index contributed by atoms with van der Waals surface area (Å²) in [5, 5.41) is 0. The van der Waals surface area contributed by atoms with Crippen LogP contribution < -0.4 is 0 Å². The predicted molar refractivity (Wildman–Crippen MR) is 80.6 cm³/mol. The summed E-state index contributed by atoms with van der Waals surface area (Å²) in [4.78, 5) is 2.25. The summed E-state index contributed by atoms with van der Waals surface area (Å²) in [7, 11) is -0.266. The van der Waals surface area contributed by atoms with Gasteiger partial charge in [0.25, 0.3) is 0 Å². The fourth-order valence-electron chi connectivity index (χ4n) is 2.27. The van der Waals surface area contributed by atoms with Gasteiger partial charge in [0.15, 0.2) is 0 Å². The molecule has 1 aliphatic rings. The van der Waals surface area contributed by atoms with E-state index in [-0.39, 0.29) is 6.10 Å². The molecule has 1 saturated heterocycles. The van der Waals surface area contributed by atoms with Crippen molar-refractivity contribution in [3.05, 3.63) is 25.3 Å². The molecule has 0 amide bonds. The predicted octanol–water partition coefficient (Wildman–Crippen LogP) is 2.18. The monoisotopic (exact) mass is 285 g/mol. The highest BCUT2D eigenvalue weighted by molar-refractivity contribution is 6.66. The Balaban J connectivity index is 2.60. The minimum absolute atomic E-state index is 0.0665. The maximum absolute atomic E-state index is 6.23. The van der Waals surface area contributed by atoms with E-state index >= 15 is 0 Å². The molecule has 110 valence electrons. The molecule has 2 atom stereocenters. The third kappa shape index (κ3) is 6.01. The van der Waals surface area contributed by atoms with Gasteiger partial charge in [0.1, 0.15) is 0 Å². The van der Waals surface area contributed by atoms with Crippen LogP contribution >= 0.6 is 0 Å². The normalized spacial score (nSPS) is 28.7. The SMILES string of the molecule is C=CCN(CC=C)CC1COCCC[Si](C)(OC)O1. The maximum Gasteiger partial charge on any atom is 0.335 e. The highest BCUT2D eigenvalue weighted by atomic mass is 28.4. The van der Waals surface area contributed by atoms with Gasteiger partial charge in [-0.05, 0) is 19.0 Å². The van der Waals surface area contributed by atoms with Crippen LogP contribution in [0, 0.1) is 0 Å². The van der Waals surface area contributed by atoms with Crippen LogP contribution in [0.5, 0.6) is 0 Å². The third-order valence-corrected chi connectivity index (χ3v) is 6.26. The Labute approximate surface area is 118 Å². The Kier molecular flexibility index (Phi) is 7.56. The van der Waals surface area contributed by atoms with Crippen molar-refractivity contribution in [3.8, 4) is 0 Å². The van der Waals surface area contributed by atoms with Gasteiger partial charge in [-0.3, -0.25) is 4.90 Å². The molecule has 0 aromatic carbocycles. The van der Waals surface area contributed by atoms with Crippen molar-refractivity contribution in [2.24, 2.45) is 0 Å². The lowest BCUT2D eigenvalue weighted by Gasteiger charge is -2.35. The molecule has 0 aromatic heterocycles. The van der Waals surface area contributed by atoms with Crippen molar-refractivity contribution in [1.29, 1.82) is 0 Å². The van der Waals surface area contributed by atoms with Gasteiger partial charge >= 0.3 is 8.56 Å². The molecule has 0 spiro atoms. The first-order valence-electron chi connectivity index (χ1n) is 6.88. The van der Waals surface area contributed by atoms with Gasteiger partial charge in [-0.2, -0.15) is 0 Å². The van der Waals surface area contributed by atoms with Gasteiger partial charge < -0.3 is 13.6 Å². The quantitative estimate of drug-likeness (QED) is 0.530. The van der Waals surface area contributed by atoms with Crippen molar-refractivity contribution in [1.82, 2.24) is 4.90 Å². The Morgan fingerprint density at radius 3 is 2.63 bits per heavy atom. The van der Waals surface area contributed by atoms with E-state index in [1.165, 1.54) is 0 Å². The average molecular weight is 285 g/mol. The lowest BCUT2D eigenvalue weighted by atomic mass is 10.3. The largest absolute Gasteiger partial charge is 0.398 e. The van der Waals surface area contributed by atoms with Gasteiger partial charge in [-0.15, -0.1) is 13.2 Å². The summed E-state index contributed by atoms with van der Waals surface area (Å²) in [6.07, 6.45) is 4.89. The summed E-state index contributed by atoms with van der Waals surface area (Å²) in [6, 6.07) is 0.989. The second-order valence-corrected chi connectivity index (χ2v) is 8.46. The van der Waals surface area contributed by atoms with Crippen LogP contribution in [0.15, 0.2) is 25.3 Å². The van der Waals surface area contributed by atoms with E-state index in [2.05, 4.69) is 24.6 Å². The molecular formula is C14H27NO3Si. The van der Waals surface area contributed by atoms with Crippen LogP contribution in [0.1, 0.15) is 6.42 Å². The molecule has 5 heteroatoms. The van der Waals surface area contributed by atoms with Crippen molar-refractivity contribution >= 4 is 8.56 Å². The van der Waals surface area contributed by atoms with Crippen LogP contribution in [-0.4, -0.2) is 59.5 Å². The van der Waals surface area contributed by atoms with Crippen molar-refractivity contribution in [2.45, 2.75) is 25.1 Å². The van der Waals surface area contributed by atoms with Gasteiger partial charge in [-0.1, -0.05) is 12.2 Å². The molecule has 4 nitrogen and oxygen atoms in total. The molecule has 0 aromatic rings. The summed E-state index contributed by atoms with van der Waals surface area (Å²) in [6.45, 7) is 13.6. The van der Waals surface area contributed by atoms with E-state index in [9.17, 15) is 0 Å². The summed E-state index contributed by atoms with van der Waals surface area (Å²) < 4.78 is 17.5. The fourth-order valence-corrected chi connectivity index (χ4v) is 4.32. The first-order valence-corrected chi connectivity index (χ1v) is 9.40. The first kappa shape index (κ1) is 16.6. The molecule has 0 radical (unpaired) electrons. The Morgan fingerprint density at radius 2 is 2.05 bits per heavy atom. The second kappa shape index (κ2) is 8.66. The molecule has 1 aliphatic heterocycles. The van der Waals surface area contributed by atoms with Crippen molar-refractivity contribution in [2.75, 3.05) is 40.0 Å². The molecule has 1 heterocycles. The van der Waals surface area contributed by atoms with E-state index in [4.69, 9.17) is 13.6 Å². The Morgan fingerprint density at radius 1 is 1.37 bits per heavy atom. The Hall–Kier alpha value is -0.463. The van der Waals surface area contributed by atoms with Gasteiger partial charge in [0.05, 0.1) is 12.7 Å². The van der Waals surface area contributed by atoms with Crippen molar-refractivity contribution < 1.29 is 13.6 Å². The fraction of sp³-hybridized carbons (Fsp3) is 0.714. The zero-order valence-electron chi connectivity index (χ0n) is 12.3. The minimum Gasteiger partial charge on any atom is -0.398 e. The summed E-state index contributed by atoms with van der Waals surface area (Å²) in [5.41, 5.74) is 0. The van der Waals surface area contributed by atoms with E-state index in [1.54, 1.807) is 7.11 Å². The molecule has 19 heavy (non-hydrogen) atoms. The molecule has 1 fully saturated rings. The van der Waals surface area contributed by atoms with E-state index in [1.807, 2.05) is 12.2 Å². The maximum atomic E-state index is 6.23. The van der Waals surface area contributed by atoms with Crippen LogP contribution in [0.2, 0.25) is 12.6 Å². The third-order valence-electron chi connectivity index (χ3n) is 3.31. The highest BCUT2D eigenvalue weighted by Gasteiger charge is 2.34. The smallest absolute Gasteiger partial charge is 0.335 e. The lowest BCUT2D eigenvalue weighted by Crippen LogP contribution is -2.48. The molecule has 0 saturated carbocycles. The second-order valence-electron chi connectivity index (χ2n) is 5.05. The molecule has 0 N–H and O–H groups in total. The number of hydrogen-bond acceptors (Lipinski definition) is 4. The number of nitrogens with zero attached hydrogens (tertiary/aromatic N) is 1. The average Bonchev–Trinajstić information content (AvgIpc) is 2.36. The molecule has 0 bridgehead atoms. The Bertz CT molecular complexity index is 278. The first-order chi connectivity index (χ1) is 9.13. The molecule has 1 rings (SSSR count). The van der Waals surface area contributed by atoms with Crippen LogP contribution in [0.25, 0.3) is 0 Å². The summed E-state index contributed by atoms with van der Waals surface area (Å²) in [5.74, 6) is 0. The van der Waals surface area contributed by atoms with E-state index < -0.39 is 8.56 Å². The molecule has 0 aliphatic carbocycles. The number of hydrogen-bond donors (Lipinski definition) is 0. The standard InChI is InChI=1S/C14H27NO3Si/c1-5-8-15(9-6-2)12-14-13-17-10-7-11-19(4,16-3)18-14/h5-6,14H,1-2,7-13H2,3-4H3. The van der Waals surface area contributed by atoms with Crippen LogP contribution in [0.4, 0.5) is 0 Å².